The number of ether oxygens (including phenoxy) is 2. The molecule has 0 aliphatic rings. The average molecular weight is 379 g/mol. The maximum atomic E-state index is 11.7. The minimum atomic E-state index is -1.25. The zero-order chi connectivity index (χ0) is 18.1. The monoisotopic (exact) mass is 378 g/mol. The molecular weight excluding hydrogens is 348 g/mol. The standard InChI is InChI=1S/C14H30N2O4SSi2/c1-21-12(15-13(17)19-8-10-22(2,3)4)16-14(18)20-9-11-23(5,6)7/h8-11H2,1-7H3,(H,15,16,17,18). The van der Waals surface area contributed by atoms with E-state index in [0.717, 1.165) is 23.9 Å². The van der Waals surface area contributed by atoms with Gasteiger partial charge in [-0.2, -0.15) is 4.99 Å². The summed E-state index contributed by atoms with van der Waals surface area (Å²) in [6.45, 7) is 14.0. The largest absolute Gasteiger partial charge is 0.450 e. The van der Waals surface area contributed by atoms with Gasteiger partial charge in [0.05, 0.1) is 13.2 Å². The predicted octanol–water partition coefficient (Wildman–Crippen LogP) is 4.24. The van der Waals surface area contributed by atoms with Gasteiger partial charge in [0, 0.05) is 16.1 Å². The zero-order valence-corrected chi connectivity index (χ0v) is 18.1. The van der Waals surface area contributed by atoms with Crippen LogP contribution >= 0.6 is 11.8 Å². The van der Waals surface area contributed by atoms with Crippen molar-refractivity contribution in [2.75, 3.05) is 19.5 Å². The third kappa shape index (κ3) is 14.5. The second-order valence-corrected chi connectivity index (χ2v) is 19.7. The molecule has 0 atom stereocenters. The lowest BCUT2D eigenvalue weighted by atomic mass is 10.8. The highest BCUT2D eigenvalue weighted by Crippen LogP contribution is 2.09. The Hall–Kier alpha value is -0.806. The van der Waals surface area contributed by atoms with Gasteiger partial charge in [-0.25, -0.2) is 9.59 Å². The summed E-state index contributed by atoms with van der Waals surface area (Å²) >= 11 is 1.16. The van der Waals surface area contributed by atoms with E-state index in [2.05, 4.69) is 49.6 Å². The van der Waals surface area contributed by atoms with Gasteiger partial charge in [0.15, 0.2) is 5.17 Å². The van der Waals surface area contributed by atoms with Crippen molar-refractivity contribution in [2.45, 2.75) is 51.4 Å². The average Bonchev–Trinajstić information content (AvgIpc) is 2.34. The highest BCUT2D eigenvalue weighted by Gasteiger charge is 2.16. The Morgan fingerprint density at radius 3 is 1.87 bits per heavy atom. The number of thioether (sulfide) groups is 1. The predicted molar refractivity (Wildman–Crippen MR) is 103 cm³/mol. The first-order valence-electron chi connectivity index (χ1n) is 7.66. The molecule has 0 radical (unpaired) electrons. The van der Waals surface area contributed by atoms with Crippen LogP contribution in [0.4, 0.5) is 9.59 Å². The molecule has 23 heavy (non-hydrogen) atoms. The van der Waals surface area contributed by atoms with E-state index in [9.17, 15) is 9.59 Å². The number of carbonyl (C=O) groups is 2. The van der Waals surface area contributed by atoms with Gasteiger partial charge in [-0.3, -0.25) is 5.32 Å². The summed E-state index contributed by atoms with van der Waals surface area (Å²) < 4.78 is 10.2. The third-order valence-electron chi connectivity index (χ3n) is 2.76. The second kappa shape index (κ2) is 10.1. The lowest BCUT2D eigenvalue weighted by Crippen LogP contribution is -2.31. The number of hydrogen-bond acceptors (Lipinski definition) is 5. The molecule has 0 aromatic rings. The summed E-state index contributed by atoms with van der Waals surface area (Å²) in [7, 11) is -2.49. The Balaban J connectivity index is 4.25. The molecule has 0 aliphatic heterocycles. The van der Waals surface area contributed by atoms with Gasteiger partial charge < -0.3 is 9.47 Å². The van der Waals surface area contributed by atoms with Crippen molar-refractivity contribution in [2.24, 2.45) is 4.99 Å². The van der Waals surface area contributed by atoms with Gasteiger partial charge in [-0.05, 0) is 18.3 Å². The first kappa shape index (κ1) is 22.2. The van der Waals surface area contributed by atoms with Crippen molar-refractivity contribution in [3.05, 3.63) is 0 Å². The molecule has 0 fully saturated rings. The smallest absolute Gasteiger partial charge is 0.436 e. The molecule has 0 saturated carbocycles. The number of rotatable bonds is 6. The summed E-state index contributed by atoms with van der Waals surface area (Å²) in [5, 5.41) is 2.65. The van der Waals surface area contributed by atoms with Crippen LogP contribution < -0.4 is 5.32 Å². The van der Waals surface area contributed by atoms with Crippen LogP contribution in [0.2, 0.25) is 51.4 Å². The molecule has 0 bridgehead atoms. The molecular formula is C14H30N2O4SSi2. The molecule has 1 N–H and O–H groups in total. The van der Waals surface area contributed by atoms with Crippen LogP contribution in [0.1, 0.15) is 0 Å². The van der Waals surface area contributed by atoms with E-state index in [1.807, 2.05) is 0 Å². The van der Waals surface area contributed by atoms with Gasteiger partial charge in [0.2, 0.25) is 0 Å². The molecule has 0 heterocycles. The Morgan fingerprint density at radius 2 is 1.43 bits per heavy atom. The molecule has 0 unspecified atom stereocenters. The summed E-state index contributed by atoms with van der Waals surface area (Å²) in [6.07, 6.45) is 0.442. The summed E-state index contributed by atoms with van der Waals surface area (Å²) in [4.78, 5) is 27.0. The molecule has 0 rings (SSSR count). The molecule has 134 valence electrons. The van der Waals surface area contributed by atoms with E-state index in [-0.39, 0.29) is 5.17 Å². The lowest BCUT2D eigenvalue weighted by molar-refractivity contribution is 0.157. The van der Waals surface area contributed by atoms with Crippen LogP contribution in [0.25, 0.3) is 0 Å². The van der Waals surface area contributed by atoms with Crippen molar-refractivity contribution >= 4 is 45.3 Å². The fraction of sp³-hybridized carbons (Fsp3) is 0.786. The van der Waals surface area contributed by atoms with Crippen molar-refractivity contribution in [3.8, 4) is 0 Å². The SMILES string of the molecule is CSC(=NC(=O)OCC[Si](C)(C)C)NC(=O)OCC[Si](C)(C)C. The van der Waals surface area contributed by atoms with E-state index in [0.29, 0.717) is 13.2 Å². The topological polar surface area (TPSA) is 77.0 Å². The van der Waals surface area contributed by atoms with Crippen molar-refractivity contribution in [1.29, 1.82) is 0 Å². The highest BCUT2D eigenvalue weighted by atomic mass is 32.2. The Morgan fingerprint density at radius 1 is 0.957 bits per heavy atom. The highest BCUT2D eigenvalue weighted by molar-refractivity contribution is 8.13. The summed E-state index contributed by atoms with van der Waals surface area (Å²) in [6, 6.07) is 1.78. The van der Waals surface area contributed by atoms with Gasteiger partial charge in [0.1, 0.15) is 0 Å². The molecule has 9 heteroatoms. The summed E-state index contributed by atoms with van der Waals surface area (Å²) in [5.74, 6) is 0. The maximum Gasteiger partial charge on any atom is 0.436 e. The first-order valence-corrected chi connectivity index (χ1v) is 16.3. The van der Waals surface area contributed by atoms with Gasteiger partial charge in [0.25, 0.3) is 0 Å². The summed E-state index contributed by atoms with van der Waals surface area (Å²) in [5.41, 5.74) is 0. The number of hydrogen-bond donors (Lipinski definition) is 1. The van der Waals surface area contributed by atoms with E-state index in [4.69, 9.17) is 9.47 Å². The van der Waals surface area contributed by atoms with Crippen LogP contribution in [0.3, 0.4) is 0 Å². The number of alkyl carbamates (subject to hydrolysis) is 1. The number of amidine groups is 1. The normalized spacial score (nSPS) is 12.7. The molecule has 2 amide bonds. The fourth-order valence-corrected chi connectivity index (χ4v) is 3.04. The molecule has 6 nitrogen and oxygen atoms in total. The first-order chi connectivity index (χ1) is 10.4. The number of amides is 2. The van der Waals surface area contributed by atoms with E-state index in [1.165, 1.54) is 0 Å². The van der Waals surface area contributed by atoms with Crippen molar-refractivity contribution in [3.63, 3.8) is 0 Å². The number of nitrogens with zero attached hydrogens (tertiary/aromatic N) is 1. The Labute approximate surface area is 145 Å². The van der Waals surface area contributed by atoms with Crippen molar-refractivity contribution < 1.29 is 19.1 Å². The lowest BCUT2D eigenvalue weighted by Gasteiger charge is -2.15. The van der Waals surface area contributed by atoms with E-state index >= 15 is 0 Å². The van der Waals surface area contributed by atoms with E-state index in [1.54, 1.807) is 6.26 Å². The number of aliphatic imine (C=N–C) groups is 1. The number of nitrogens with one attached hydrogen (secondary N) is 1. The Kier molecular flexibility index (Phi) is 9.79. The van der Waals surface area contributed by atoms with Crippen LogP contribution in [0, 0.1) is 0 Å². The fourth-order valence-electron chi connectivity index (χ4n) is 1.26. The van der Waals surface area contributed by atoms with Crippen molar-refractivity contribution in [1.82, 2.24) is 5.32 Å². The molecule has 0 saturated heterocycles. The molecule has 0 spiro atoms. The van der Waals surface area contributed by atoms with Gasteiger partial charge in [-0.15, -0.1) is 0 Å². The van der Waals surface area contributed by atoms with Gasteiger partial charge >= 0.3 is 12.2 Å². The third-order valence-corrected chi connectivity index (χ3v) is 6.75. The number of carbonyl (C=O) groups excluding carboxylic acids is 2. The molecule has 0 aromatic carbocycles. The van der Waals surface area contributed by atoms with Gasteiger partial charge in [-0.1, -0.05) is 51.0 Å². The second-order valence-electron chi connectivity index (χ2n) is 7.62. The van der Waals surface area contributed by atoms with Crippen LogP contribution in [-0.4, -0.2) is 53.0 Å². The van der Waals surface area contributed by atoms with E-state index < -0.39 is 28.3 Å². The maximum absolute atomic E-state index is 11.7. The van der Waals surface area contributed by atoms with Crippen LogP contribution in [0.15, 0.2) is 4.99 Å². The minimum Gasteiger partial charge on any atom is -0.450 e. The molecule has 0 aliphatic carbocycles. The molecule has 0 aromatic heterocycles. The van der Waals surface area contributed by atoms with Crippen LogP contribution in [0.5, 0.6) is 0 Å². The Bertz CT molecular complexity index is 431. The quantitative estimate of drug-likeness (QED) is 0.425. The zero-order valence-electron chi connectivity index (χ0n) is 15.3. The van der Waals surface area contributed by atoms with Crippen LogP contribution in [-0.2, 0) is 9.47 Å². The minimum absolute atomic E-state index is 0.181.